The average Bonchev–Trinajstić information content (AvgIpc) is 2.07. The second kappa shape index (κ2) is 3.64. The number of hydrogen-bond donors (Lipinski definition) is 2. The number of carbonyl (C=O) groups excluding carboxylic acids is 1. The maximum absolute atomic E-state index is 11.7. The van der Waals surface area contributed by atoms with Crippen LogP contribution in [0.5, 0.6) is 0 Å². The Labute approximate surface area is 78.9 Å². The lowest BCUT2D eigenvalue weighted by molar-refractivity contribution is -0.141. The zero-order chi connectivity index (χ0) is 10.1. The van der Waals surface area contributed by atoms with Crippen molar-refractivity contribution in [1.29, 1.82) is 0 Å². The third-order valence-electron chi connectivity index (χ3n) is 2.74. The quantitative estimate of drug-likeness (QED) is 0.615. The van der Waals surface area contributed by atoms with E-state index >= 15 is 0 Å². The standard InChI is InChI=1S/C9H18N2O2/c1-9(2)6-10-7(4-5-12)8(13)11(9)3/h7,10,12H,4-6H2,1-3H3. The van der Waals surface area contributed by atoms with E-state index in [1.807, 2.05) is 20.9 Å². The molecule has 0 aliphatic carbocycles. The molecule has 4 heteroatoms. The van der Waals surface area contributed by atoms with E-state index in [0.717, 1.165) is 6.54 Å². The van der Waals surface area contributed by atoms with Crippen molar-refractivity contribution in [2.24, 2.45) is 0 Å². The molecule has 1 atom stereocenters. The van der Waals surface area contributed by atoms with Crippen LogP contribution in [-0.4, -0.2) is 47.7 Å². The first-order valence-corrected chi connectivity index (χ1v) is 4.61. The van der Waals surface area contributed by atoms with Gasteiger partial charge in [-0.2, -0.15) is 0 Å². The van der Waals surface area contributed by atoms with Crippen molar-refractivity contribution < 1.29 is 9.90 Å². The first kappa shape index (κ1) is 10.5. The molecule has 0 bridgehead atoms. The minimum absolute atomic E-state index is 0.0532. The molecule has 1 aliphatic heterocycles. The van der Waals surface area contributed by atoms with E-state index in [1.165, 1.54) is 0 Å². The summed E-state index contributed by atoms with van der Waals surface area (Å²) in [7, 11) is 1.81. The van der Waals surface area contributed by atoms with Crippen molar-refractivity contribution in [2.75, 3.05) is 20.2 Å². The van der Waals surface area contributed by atoms with Gasteiger partial charge in [0.05, 0.1) is 6.04 Å². The highest BCUT2D eigenvalue weighted by atomic mass is 16.3. The smallest absolute Gasteiger partial charge is 0.240 e. The Kier molecular flexibility index (Phi) is 2.93. The van der Waals surface area contributed by atoms with Crippen LogP contribution in [0.3, 0.4) is 0 Å². The molecule has 4 nitrogen and oxygen atoms in total. The molecule has 1 saturated heterocycles. The van der Waals surface area contributed by atoms with Gasteiger partial charge in [-0.1, -0.05) is 0 Å². The summed E-state index contributed by atoms with van der Waals surface area (Å²) in [5.41, 5.74) is -0.122. The van der Waals surface area contributed by atoms with Gasteiger partial charge < -0.3 is 15.3 Å². The number of piperazine rings is 1. The molecule has 0 aromatic rings. The van der Waals surface area contributed by atoms with Gasteiger partial charge in [-0.25, -0.2) is 0 Å². The van der Waals surface area contributed by atoms with E-state index in [0.29, 0.717) is 6.42 Å². The molecule has 1 heterocycles. The fourth-order valence-corrected chi connectivity index (χ4v) is 1.47. The van der Waals surface area contributed by atoms with Crippen LogP contribution in [0.4, 0.5) is 0 Å². The van der Waals surface area contributed by atoms with E-state index in [-0.39, 0.29) is 24.1 Å². The second-order valence-electron chi connectivity index (χ2n) is 4.16. The second-order valence-corrected chi connectivity index (χ2v) is 4.16. The molecular formula is C9H18N2O2. The summed E-state index contributed by atoms with van der Waals surface area (Å²) < 4.78 is 0. The topological polar surface area (TPSA) is 52.6 Å². The van der Waals surface area contributed by atoms with E-state index in [9.17, 15) is 4.79 Å². The molecule has 1 amide bonds. The van der Waals surface area contributed by atoms with Gasteiger partial charge in [-0.3, -0.25) is 4.79 Å². The number of likely N-dealkylation sites (N-methyl/N-ethyl adjacent to an activating group) is 1. The fraction of sp³-hybridized carbons (Fsp3) is 0.889. The molecule has 1 fully saturated rings. The number of aliphatic hydroxyl groups is 1. The van der Waals surface area contributed by atoms with Crippen LogP contribution in [0, 0.1) is 0 Å². The Morgan fingerprint density at radius 2 is 2.31 bits per heavy atom. The molecule has 0 spiro atoms. The van der Waals surface area contributed by atoms with Crippen molar-refractivity contribution in [2.45, 2.75) is 31.8 Å². The number of aliphatic hydroxyl groups excluding tert-OH is 1. The average molecular weight is 186 g/mol. The molecule has 76 valence electrons. The summed E-state index contributed by atoms with van der Waals surface area (Å²) in [5, 5.41) is 11.9. The predicted molar refractivity (Wildman–Crippen MR) is 50.3 cm³/mol. The summed E-state index contributed by atoms with van der Waals surface area (Å²) >= 11 is 0. The molecular weight excluding hydrogens is 168 g/mol. The Balaban J connectivity index is 2.65. The predicted octanol–water partition coefficient (Wildman–Crippen LogP) is -0.422. The highest BCUT2D eigenvalue weighted by molar-refractivity contribution is 5.83. The summed E-state index contributed by atoms with van der Waals surface area (Å²) in [5.74, 6) is 0.0744. The van der Waals surface area contributed by atoms with Crippen LogP contribution in [0.2, 0.25) is 0 Å². The lowest BCUT2D eigenvalue weighted by Gasteiger charge is -2.43. The van der Waals surface area contributed by atoms with Crippen LogP contribution >= 0.6 is 0 Å². The van der Waals surface area contributed by atoms with Gasteiger partial charge in [0.15, 0.2) is 0 Å². The SMILES string of the molecule is CN1C(=O)C(CCO)NCC1(C)C. The molecule has 0 radical (unpaired) electrons. The van der Waals surface area contributed by atoms with Crippen molar-refractivity contribution in [3.63, 3.8) is 0 Å². The number of rotatable bonds is 2. The maximum Gasteiger partial charge on any atom is 0.240 e. The minimum atomic E-state index is -0.206. The molecule has 1 aliphatic rings. The molecule has 13 heavy (non-hydrogen) atoms. The third kappa shape index (κ3) is 2.00. The largest absolute Gasteiger partial charge is 0.396 e. The van der Waals surface area contributed by atoms with Crippen LogP contribution in [0.15, 0.2) is 0 Å². The molecule has 0 aromatic carbocycles. The van der Waals surface area contributed by atoms with Gasteiger partial charge >= 0.3 is 0 Å². The van der Waals surface area contributed by atoms with Crippen molar-refractivity contribution in [1.82, 2.24) is 10.2 Å². The highest BCUT2D eigenvalue weighted by Gasteiger charge is 2.36. The van der Waals surface area contributed by atoms with E-state index in [1.54, 1.807) is 4.90 Å². The van der Waals surface area contributed by atoms with Crippen molar-refractivity contribution in [3.05, 3.63) is 0 Å². The number of nitrogens with one attached hydrogen (secondary N) is 1. The summed E-state index contributed by atoms with van der Waals surface area (Å²) in [6, 6.07) is -0.206. The molecule has 2 N–H and O–H groups in total. The van der Waals surface area contributed by atoms with E-state index in [2.05, 4.69) is 5.32 Å². The van der Waals surface area contributed by atoms with Gasteiger partial charge in [0.25, 0.3) is 0 Å². The minimum Gasteiger partial charge on any atom is -0.396 e. The van der Waals surface area contributed by atoms with Crippen LogP contribution in [0.1, 0.15) is 20.3 Å². The number of hydrogen-bond acceptors (Lipinski definition) is 3. The Morgan fingerprint density at radius 3 is 2.85 bits per heavy atom. The first-order chi connectivity index (χ1) is 5.99. The van der Waals surface area contributed by atoms with Crippen molar-refractivity contribution in [3.8, 4) is 0 Å². The molecule has 0 saturated carbocycles. The maximum atomic E-state index is 11.7. The molecule has 1 unspecified atom stereocenters. The Bertz CT molecular complexity index is 204. The summed E-state index contributed by atoms with van der Waals surface area (Å²) in [4.78, 5) is 13.4. The fourth-order valence-electron chi connectivity index (χ4n) is 1.47. The summed E-state index contributed by atoms with van der Waals surface area (Å²) in [6.45, 7) is 4.87. The zero-order valence-corrected chi connectivity index (χ0v) is 8.50. The Morgan fingerprint density at radius 1 is 1.69 bits per heavy atom. The lowest BCUT2D eigenvalue weighted by Crippen LogP contribution is -2.63. The van der Waals surface area contributed by atoms with Gasteiger partial charge in [0.2, 0.25) is 5.91 Å². The van der Waals surface area contributed by atoms with Gasteiger partial charge in [-0.15, -0.1) is 0 Å². The lowest BCUT2D eigenvalue weighted by atomic mass is 9.97. The van der Waals surface area contributed by atoms with Gasteiger partial charge in [0, 0.05) is 25.7 Å². The van der Waals surface area contributed by atoms with E-state index in [4.69, 9.17) is 5.11 Å². The van der Waals surface area contributed by atoms with Crippen LogP contribution < -0.4 is 5.32 Å². The normalized spacial score (nSPS) is 27.8. The van der Waals surface area contributed by atoms with Crippen LogP contribution in [0.25, 0.3) is 0 Å². The Hall–Kier alpha value is -0.610. The van der Waals surface area contributed by atoms with Gasteiger partial charge in [-0.05, 0) is 20.3 Å². The number of carbonyl (C=O) groups is 1. The molecule has 1 rings (SSSR count). The number of nitrogens with zero attached hydrogens (tertiary/aromatic N) is 1. The number of amides is 1. The van der Waals surface area contributed by atoms with Gasteiger partial charge in [0.1, 0.15) is 0 Å². The van der Waals surface area contributed by atoms with Crippen LogP contribution in [-0.2, 0) is 4.79 Å². The first-order valence-electron chi connectivity index (χ1n) is 4.61. The summed E-state index contributed by atoms with van der Waals surface area (Å²) in [6.07, 6.45) is 0.499. The zero-order valence-electron chi connectivity index (χ0n) is 8.50. The third-order valence-corrected chi connectivity index (χ3v) is 2.74. The van der Waals surface area contributed by atoms with E-state index < -0.39 is 0 Å². The molecule has 0 aromatic heterocycles. The monoisotopic (exact) mass is 186 g/mol. The van der Waals surface area contributed by atoms with Crippen molar-refractivity contribution >= 4 is 5.91 Å². The highest BCUT2D eigenvalue weighted by Crippen LogP contribution is 2.18.